The van der Waals surface area contributed by atoms with Crippen molar-refractivity contribution in [3.63, 3.8) is 0 Å². The summed E-state index contributed by atoms with van der Waals surface area (Å²) in [6.45, 7) is 1.62. The number of rotatable bonds is 5. The molecule has 24 heavy (non-hydrogen) atoms. The lowest BCUT2D eigenvalue weighted by atomic mass is 10.1. The number of amides is 2. The fraction of sp³-hybridized carbons (Fsp3) is 0.222. The Bertz CT molecular complexity index is 749. The molecule has 2 aromatic rings. The van der Waals surface area contributed by atoms with Crippen LogP contribution in [0.25, 0.3) is 0 Å². The molecule has 1 atom stereocenters. The van der Waals surface area contributed by atoms with Crippen LogP contribution in [0.3, 0.4) is 0 Å². The average molecular weight is 330 g/mol. The van der Waals surface area contributed by atoms with Gasteiger partial charge in [-0.2, -0.15) is 0 Å². The largest absolute Gasteiger partial charge is 0.508 e. The van der Waals surface area contributed by atoms with Gasteiger partial charge >= 0.3 is 0 Å². The first-order chi connectivity index (χ1) is 11.4. The molecule has 2 amide bonds. The summed E-state index contributed by atoms with van der Waals surface area (Å²) in [4.78, 5) is 25.6. The zero-order valence-electron chi connectivity index (χ0n) is 13.5. The standard InChI is InChI=1S/C18H19FN2O3/c1-12(13-5-4-8-16(22)10-13)21(2)17(23)11-20-18(24)14-6-3-7-15(19)9-14/h3-10,12,22H,11H2,1-2H3,(H,20,24)/t12-/m0/s1. The highest BCUT2D eigenvalue weighted by atomic mass is 19.1. The number of hydrogen-bond acceptors (Lipinski definition) is 3. The lowest BCUT2D eigenvalue weighted by Crippen LogP contribution is -2.39. The first kappa shape index (κ1) is 17.5. The molecule has 2 rings (SSSR count). The van der Waals surface area contributed by atoms with Crippen LogP contribution in [0.5, 0.6) is 5.75 Å². The van der Waals surface area contributed by atoms with Gasteiger partial charge in [0.05, 0.1) is 12.6 Å². The van der Waals surface area contributed by atoms with Crippen molar-refractivity contribution >= 4 is 11.8 Å². The van der Waals surface area contributed by atoms with Gasteiger partial charge in [0.1, 0.15) is 11.6 Å². The van der Waals surface area contributed by atoms with Crippen molar-refractivity contribution in [2.45, 2.75) is 13.0 Å². The molecule has 6 heteroatoms. The SMILES string of the molecule is C[C@@H](c1cccc(O)c1)N(C)C(=O)CNC(=O)c1cccc(F)c1. The van der Waals surface area contributed by atoms with Crippen LogP contribution in [0.1, 0.15) is 28.9 Å². The maximum Gasteiger partial charge on any atom is 0.251 e. The van der Waals surface area contributed by atoms with Crippen LogP contribution in [0.15, 0.2) is 48.5 Å². The highest BCUT2D eigenvalue weighted by Gasteiger charge is 2.18. The third-order valence-electron chi connectivity index (χ3n) is 3.81. The number of carbonyl (C=O) groups is 2. The average Bonchev–Trinajstić information content (AvgIpc) is 2.58. The van der Waals surface area contributed by atoms with Crippen LogP contribution in [0.2, 0.25) is 0 Å². The van der Waals surface area contributed by atoms with Crippen LogP contribution < -0.4 is 5.32 Å². The Balaban J connectivity index is 1.95. The van der Waals surface area contributed by atoms with Gasteiger partial charge in [-0.15, -0.1) is 0 Å². The predicted molar refractivity (Wildman–Crippen MR) is 88.0 cm³/mol. The van der Waals surface area contributed by atoms with Crippen molar-refractivity contribution in [2.75, 3.05) is 13.6 Å². The van der Waals surface area contributed by atoms with Gasteiger partial charge in [-0.05, 0) is 42.8 Å². The lowest BCUT2D eigenvalue weighted by Gasteiger charge is -2.25. The van der Waals surface area contributed by atoms with E-state index in [0.29, 0.717) is 0 Å². The molecule has 0 aliphatic heterocycles. The van der Waals surface area contributed by atoms with E-state index in [4.69, 9.17) is 0 Å². The number of aromatic hydroxyl groups is 1. The van der Waals surface area contributed by atoms with Gasteiger partial charge < -0.3 is 15.3 Å². The lowest BCUT2D eigenvalue weighted by molar-refractivity contribution is -0.130. The van der Waals surface area contributed by atoms with Crippen LogP contribution in [-0.2, 0) is 4.79 Å². The highest BCUT2D eigenvalue weighted by molar-refractivity contribution is 5.96. The summed E-state index contributed by atoms with van der Waals surface area (Å²) in [6.07, 6.45) is 0. The number of benzene rings is 2. The zero-order chi connectivity index (χ0) is 17.7. The summed E-state index contributed by atoms with van der Waals surface area (Å²) < 4.78 is 13.1. The van der Waals surface area contributed by atoms with E-state index in [1.165, 1.54) is 23.1 Å². The molecule has 0 heterocycles. The molecular weight excluding hydrogens is 311 g/mol. The molecule has 2 N–H and O–H groups in total. The molecule has 0 aromatic heterocycles. The molecule has 0 unspecified atom stereocenters. The third-order valence-corrected chi connectivity index (χ3v) is 3.81. The number of carbonyl (C=O) groups excluding carboxylic acids is 2. The highest BCUT2D eigenvalue weighted by Crippen LogP contribution is 2.22. The number of phenolic OH excluding ortho intramolecular Hbond substituents is 1. The summed E-state index contributed by atoms with van der Waals surface area (Å²) in [5, 5.41) is 12.0. The van der Waals surface area contributed by atoms with E-state index in [1.54, 1.807) is 31.3 Å². The number of nitrogens with zero attached hydrogens (tertiary/aromatic N) is 1. The molecule has 0 aliphatic rings. The van der Waals surface area contributed by atoms with Crippen molar-refractivity contribution in [1.29, 1.82) is 0 Å². The number of nitrogens with one attached hydrogen (secondary N) is 1. The fourth-order valence-electron chi connectivity index (χ4n) is 2.24. The van der Waals surface area contributed by atoms with E-state index in [-0.39, 0.29) is 29.8 Å². The van der Waals surface area contributed by atoms with Crippen molar-refractivity contribution in [3.05, 3.63) is 65.5 Å². The maximum atomic E-state index is 13.1. The van der Waals surface area contributed by atoms with Crippen molar-refractivity contribution in [2.24, 2.45) is 0 Å². The van der Waals surface area contributed by atoms with Gasteiger partial charge in [0.15, 0.2) is 0 Å². The molecule has 0 radical (unpaired) electrons. The number of phenols is 1. The topological polar surface area (TPSA) is 69.6 Å². The Morgan fingerprint density at radius 2 is 1.92 bits per heavy atom. The van der Waals surface area contributed by atoms with Gasteiger partial charge in [0.25, 0.3) is 5.91 Å². The van der Waals surface area contributed by atoms with Crippen LogP contribution in [-0.4, -0.2) is 35.4 Å². The van der Waals surface area contributed by atoms with Crippen molar-refractivity contribution in [1.82, 2.24) is 10.2 Å². The molecule has 0 fully saturated rings. The van der Waals surface area contributed by atoms with Crippen molar-refractivity contribution in [3.8, 4) is 5.75 Å². The summed E-state index contributed by atoms with van der Waals surface area (Å²) in [7, 11) is 1.62. The van der Waals surface area contributed by atoms with E-state index >= 15 is 0 Å². The van der Waals surface area contributed by atoms with Gasteiger partial charge in [-0.1, -0.05) is 18.2 Å². The smallest absolute Gasteiger partial charge is 0.251 e. The normalized spacial score (nSPS) is 11.6. The Kier molecular flexibility index (Phi) is 5.52. The second-order valence-electron chi connectivity index (χ2n) is 5.47. The Morgan fingerprint density at radius 1 is 1.21 bits per heavy atom. The fourth-order valence-corrected chi connectivity index (χ4v) is 2.24. The minimum atomic E-state index is -0.513. The Labute approximate surface area is 139 Å². The summed E-state index contributed by atoms with van der Waals surface area (Å²) in [6, 6.07) is 11.6. The third kappa shape index (κ3) is 4.32. The molecule has 5 nitrogen and oxygen atoms in total. The second-order valence-corrected chi connectivity index (χ2v) is 5.47. The maximum absolute atomic E-state index is 13.1. The summed E-state index contributed by atoms with van der Waals surface area (Å²) >= 11 is 0. The van der Waals surface area contributed by atoms with Crippen LogP contribution >= 0.6 is 0 Å². The predicted octanol–water partition coefficient (Wildman–Crippen LogP) is 2.48. The van der Waals surface area contributed by atoms with Crippen molar-refractivity contribution < 1.29 is 19.1 Å². The van der Waals surface area contributed by atoms with E-state index in [1.807, 2.05) is 6.92 Å². The van der Waals surface area contributed by atoms with Gasteiger partial charge in [0, 0.05) is 12.6 Å². The molecule has 0 spiro atoms. The van der Waals surface area contributed by atoms with Gasteiger partial charge in [-0.25, -0.2) is 4.39 Å². The first-order valence-electron chi connectivity index (χ1n) is 7.47. The molecule has 126 valence electrons. The molecule has 0 saturated carbocycles. The zero-order valence-corrected chi connectivity index (χ0v) is 13.5. The summed E-state index contributed by atoms with van der Waals surface area (Å²) in [5.74, 6) is -1.19. The number of likely N-dealkylation sites (N-methyl/N-ethyl adjacent to an activating group) is 1. The quantitative estimate of drug-likeness (QED) is 0.885. The second kappa shape index (κ2) is 7.59. The van der Waals surface area contributed by atoms with E-state index in [0.717, 1.165) is 11.6 Å². The Hall–Kier alpha value is -2.89. The van der Waals surface area contributed by atoms with Crippen LogP contribution in [0, 0.1) is 5.82 Å². The monoisotopic (exact) mass is 330 g/mol. The van der Waals surface area contributed by atoms with E-state index in [9.17, 15) is 19.1 Å². The summed E-state index contributed by atoms with van der Waals surface area (Å²) in [5.41, 5.74) is 0.939. The van der Waals surface area contributed by atoms with Crippen LogP contribution in [0.4, 0.5) is 4.39 Å². The molecule has 0 saturated heterocycles. The molecule has 2 aromatic carbocycles. The number of hydrogen-bond donors (Lipinski definition) is 2. The molecule has 0 bridgehead atoms. The Morgan fingerprint density at radius 3 is 2.58 bits per heavy atom. The van der Waals surface area contributed by atoms with E-state index < -0.39 is 11.7 Å². The number of halogens is 1. The van der Waals surface area contributed by atoms with Gasteiger partial charge in [0.2, 0.25) is 5.91 Å². The first-order valence-corrected chi connectivity index (χ1v) is 7.47. The van der Waals surface area contributed by atoms with E-state index in [2.05, 4.69) is 5.32 Å². The molecule has 0 aliphatic carbocycles. The minimum Gasteiger partial charge on any atom is -0.508 e. The molecular formula is C18H19FN2O3. The minimum absolute atomic E-state index is 0.125. The van der Waals surface area contributed by atoms with Gasteiger partial charge in [-0.3, -0.25) is 9.59 Å².